The molecule has 0 aromatic carbocycles. The number of carbonyl (C=O) groups excluding carboxylic acids is 1. The van der Waals surface area contributed by atoms with E-state index in [1.165, 1.54) is 19.3 Å². The summed E-state index contributed by atoms with van der Waals surface area (Å²) in [7, 11) is 0. The van der Waals surface area contributed by atoms with Crippen molar-refractivity contribution in [3.63, 3.8) is 0 Å². The Kier molecular flexibility index (Phi) is 3.57. The van der Waals surface area contributed by atoms with Crippen molar-refractivity contribution in [1.82, 2.24) is 4.90 Å². The largest absolute Gasteiger partial charge is 0.337 e. The van der Waals surface area contributed by atoms with Gasteiger partial charge < -0.3 is 10.6 Å². The van der Waals surface area contributed by atoms with Gasteiger partial charge in [-0.25, -0.2) is 0 Å². The smallest absolute Gasteiger partial charge is 0.239 e. The van der Waals surface area contributed by atoms with Crippen molar-refractivity contribution in [2.24, 2.45) is 5.73 Å². The zero-order chi connectivity index (χ0) is 10.8. The molecule has 0 aromatic rings. The van der Waals surface area contributed by atoms with Gasteiger partial charge in [-0.05, 0) is 31.9 Å². The van der Waals surface area contributed by atoms with Crippen molar-refractivity contribution in [2.75, 3.05) is 12.8 Å². The first-order valence-corrected chi connectivity index (χ1v) is 7.11. The van der Waals surface area contributed by atoms with Gasteiger partial charge in [0.15, 0.2) is 0 Å². The first kappa shape index (κ1) is 11.3. The average molecular weight is 228 g/mol. The lowest BCUT2D eigenvalue weighted by atomic mass is 10.0. The fraction of sp³-hybridized carbons (Fsp3) is 0.909. The molecule has 1 amide bonds. The van der Waals surface area contributed by atoms with Crippen LogP contribution in [0.5, 0.6) is 0 Å². The highest BCUT2D eigenvalue weighted by Crippen LogP contribution is 2.33. The van der Waals surface area contributed by atoms with Gasteiger partial charge in [0.2, 0.25) is 5.91 Å². The van der Waals surface area contributed by atoms with Crippen molar-refractivity contribution in [3.05, 3.63) is 0 Å². The Morgan fingerprint density at radius 1 is 1.33 bits per heavy atom. The number of nitrogens with zero attached hydrogens (tertiary/aromatic N) is 1. The number of nitrogens with two attached hydrogens (primary N) is 1. The highest BCUT2D eigenvalue weighted by molar-refractivity contribution is 7.99. The number of hydrogen-bond acceptors (Lipinski definition) is 3. The van der Waals surface area contributed by atoms with Gasteiger partial charge in [0.05, 0.1) is 6.04 Å². The summed E-state index contributed by atoms with van der Waals surface area (Å²) in [6.07, 6.45) is 7.78. The van der Waals surface area contributed by atoms with Crippen LogP contribution in [-0.2, 0) is 4.79 Å². The fourth-order valence-electron chi connectivity index (χ4n) is 2.80. The summed E-state index contributed by atoms with van der Waals surface area (Å²) in [6, 6.07) is 0.223. The Labute approximate surface area is 95.8 Å². The number of likely N-dealkylation sites (tertiary alicyclic amines) is 1. The first-order chi connectivity index (χ1) is 7.24. The molecular weight excluding hydrogens is 208 g/mol. The summed E-state index contributed by atoms with van der Waals surface area (Å²) < 4.78 is 0. The molecule has 0 spiro atoms. The third-order valence-electron chi connectivity index (χ3n) is 3.64. The minimum Gasteiger partial charge on any atom is -0.337 e. The Balaban J connectivity index is 2.05. The van der Waals surface area contributed by atoms with Crippen molar-refractivity contribution in [1.29, 1.82) is 0 Å². The average Bonchev–Trinajstić information content (AvgIpc) is 2.70. The molecule has 0 aromatic heterocycles. The molecule has 3 unspecified atom stereocenters. The lowest BCUT2D eigenvalue weighted by Crippen LogP contribution is -2.54. The highest BCUT2D eigenvalue weighted by atomic mass is 32.2. The number of thioether (sulfide) groups is 1. The van der Waals surface area contributed by atoms with Crippen LogP contribution >= 0.6 is 11.8 Å². The predicted molar refractivity (Wildman–Crippen MR) is 63.9 cm³/mol. The molecule has 86 valence electrons. The Bertz CT molecular complexity index is 247. The number of amides is 1. The maximum absolute atomic E-state index is 12.0. The van der Waals surface area contributed by atoms with E-state index in [0.717, 1.165) is 19.4 Å². The first-order valence-electron chi connectivity index (χ1n) is 5.83. The van der Waals surface area contributed by atoms with Crippen molar-refractivity contribution >= 4 is 17.7 Å². The van der Waals surface area contributed by atoms with Crippen LogP contribution in [-0.4, -0.2) is 40.9 Å². The van der Waals surface area contributed by atoms with E-state index in [2.05, 4.69) is 11.2 Å². The van der Waals surface area contributed by atoms with E-state index in [1.54, 1.807) is 0 Å². The van der Waals surface area contributed by atoms with Crippen molar-refractivity contribution in [2.45, 2.75) is 49.4 Å². The number of carbonyl (C=O) groups is 1. The number of piperidine rings is 1. The van der Waals surface area contributed by atoms with Gasteiger partial charge in [0.1, 0.15) is 0 Å². The van der Waals surface area contributed by atoms with Crippen LogP contribution in [0.4, 0.5) is 0 Å². The van der Waals surface area contributed by atoms with Crippen LogP contribution in [0.15, 0.2) is 0 Å². The SMILES string of the molecule is CSC1CCCC1N1CCCC(N)C1=O. The summed E-state index contributed by atoms with van der Waals surface area (Å²) >= 11 is 1.90. The minimum atomic E-state index is -0.234. The van der Waals surface area contributed by atoms with E-state index in [-0.39, 0.29) is 11.9 Å². The summed E-state index contributed by atoms with van der Waals surface area (Å²) in [4.78, 5) is 14.0. The molecule has 0 bridgehead atoms. The van der Waals surface area contributed by atoms with E-state index >= 15 is 0 Å². The zero-order valence-electron chi connectivity index (χ0n) is 9.32. The summed E-state index contributed by atoms with van der Waals surface area (Å²) in [5.41, 5.74) is 5.83. The Hall–Kier alpha value is -0.220. The van der Waals surface area contributed by atoms with E-state index in [0.29, 0.717) is 11.3 Å². The summed E-state index contributed by atoms with van der Waals surface area (Å²) in [5.74, 6) is 0.187. The summed E-state index contributed by atoms with van der Waals surface area (Å²) in [6.45, 7) is 0.925. The molecule has 3 nitrogen and oxygen atoms in total. The molecule has 4 heteroatoms. The molecule has 2 fully saturated rings. The van der Waals surface area contributed by atoms with Crippen LogP contribution in [0.2, 0.25) is 0 Å². The minimum absolute atomic E-state index is 0.187. The van der Waals surface area contributed by atoms with Crippen molar-refractivity contribution in [3.8, 4) is 0 Å². The lowest BCUT2D eigenvalue weighted by molar-refractivity contribution is -0.137. The molecule has 2 N–H and O–H groups in total. The Morgan fingerprint density at radius 3 is 2.87 bits per heavy atom. The fourth-order valence-corrected chi connectivity index (χ4v) is 3.79. The zero-order valence-corrected chi connectivity index (χ0v) is 10.1. The molecule has 2 rings (SSSR count). The van der Waals surface area contributed by atoms with Crippen LogP contribution in [0.25, 0.3) is 0 Å². The molecule has 1 heterocycles. The third kappa shape index (κ3) is 2.16. The van der Waals surface area contributed by atoms with Gasteiger partial charge in [-0.15, -0.1) is 0 Å². The monoisotopic (exact) mass is 228 g/mol. The predicted octanol–water partition coefficient (Wildman–Crippen LogP) is 1.22. The quantitative estimate of drug-likeness (QED) is 0.773. The highest BCUT2D eigenvalue weighted by Gasteiger charge is 2.37. The second-order valence-corrected chi connectivity index (χ2v) is 5.63. The van der Waals surface area contributed by atoms with E-state index in [9.17, 15) is 4.79 Å². The van der Waals surface area contributed by atoms with Gasteiger partial charge in [0.25, 0.3) is 0 Å². The Morgan fingerprint density at radius 2 is 2.13 bits per heavy atom. The van der Waals surface area contributed by atoms with Crippen LogP contribution in [0.1, 0.15) is 32.1 Å². The van der Waals surface area contributed by atoms with Gasteiger partial charge in [-0.1, -0.05) is 6.42 Å². The molecule has 0 radical (unpaired) electrons. The van der Waals surface area contributed by atoms with Crippen LogP contribution in [0.3, 0.4) is 0 Å². The van der Waals surface area contributed by atoms with E-state index in [4.69, 9.17) is 5.73 Å². The third-order valence-corrected chi connectivity index (χ3v) is 4.79. The number of hydrogen-bond donors (Lipinski definition) is 1. The van der Waals surface area contributed by atoms with Crippen LogP contribution < -0.4 is 5.73 Å². The lowest BCUT2D eigenvalue weighted by Gasteiger charge is -2.37. The van der Waals surface area contributed by atoms with Gasteiger partial charge in [-0.3, -0.25) is 4.79 Å². The molecule has 2 aliphatic rings. The summed E-state index contributed by atoms with van der Waals surface area (Å²) in [5, 5.41) is 0.638. The maximum atomic E-state index is 12.0. The second-order valence-electron chi connectivity index (χ2n) is 4.55. The molecule has 1 saturated heterocycles. The topological polar surface area (TPSA) is 46.3 Å². The van der Waals surface area contributed by atoms with Crippen molar-refractivity contribution < 1.29 is 4.79 Å². The molecule has 1 aliphatic heterocycles. The van der Waals surface area contributed by atoms with Gasteiger partial charge in [-0.2, -0.15) is 11.8 Å². The molecule has 15 heavy (non-hydrogen) atoms. The van der Waals surface area contributed by atoms with Gasteiger partial charge >= 0.3 is 0 Å². The standard InChI is InChI=1S/C11H20N2OS/c1-15-10-6-2-5-9(10)13-7-3-4-8(12)11(13)14/h8-10H,2-7,12H2,1H3. The maximum Gasteiger partial charge on any atom is 0.239 e. The van der Waals surface area contributed by atoms with Crippen LogP contribution in [0, 0.1) is 0 Å². The molecule has 3 atom stereocenters. The van der Waals surface area contributed by atoms with E-state index in [1.807, 2.05) is 11.8 Å². The normalized spacial score (nSPS) is 37.3. The number of rotatable bonds is 2. The second kappa shape index (κ2) is 4.74. The molecular formula is C11H20N2OS. The molecule has 1 saturated carbocycles. The molecule has 1 aliphatic carbocycles. The van der Waals surface area contributed by atoms with E-state index < -0.39 is 0 Å². The van der Waals surface area contributed by atoms with Gasteiger partial charge in [0, 0.05) is 17.8 Å².